The number of hydrogen-bond donors (Lipinski definition) is 1. The first-order valence-electron chi connectivity index (χ1n) is 14.8. The second-order valence-electron chi connectivity index (χ2n) is 11.0. The van der Waals surface area contributed by atoms with E-state index >= 15 is 0 Å². The Morgan fingerprint density at radius 1 is 1.05 bits per heavy atom. The summed E-state index contributed by atoms with van der Waals surface area (Å²) in [4.78, 5) is 33.7. The number of rotatable bonds is 10. The Morgan fingerprint density at radius 3 is 2.39 bits per heavy atom. The molecule has 0 saturated heterocycles. The zero-order valence-electron chi connectivity index (χ0n) is 24.0. The molecule has 0 unspecified atom stereocenters. The predicted octanol–water partition coefficient (Wildman–Crippen LogP) is 4.66. The first-order chi connectivity index (χ1) is 20.0. The number of hydroxylamine groups is 2. The number of carbonyl (C=O) groups excluding carboxylic acids is 1. The number of H-pyrrole nitrogens is 1. The molecule has 41 heavy (non-hydrogen) atoms. The molecule has 2 aromatic carbocycles. The summed E-state index contributed by atoms with van der Waals surface area (Å²) in [5.74, 6) is 0.240. The number of nitrogens with one attached hydrogen (secondary N) is 1. The number of carbonyl (C=O) groups is 1. The van der Waals surface area contributed by atoms with Crippen molar-refractivity contribution in [1.29, 1.82) is 0 Å². The van der Waals surface area contributed by atoms with Crippen LogP contribution in [0.5, 0.6) is 0 Å². The molecule has 2 bridgehead atoms. The van der Waals surface area contributed by atoms with Gasteiger partial charge in [0.2, 0.25) is 5.82 Å². The second kappa shape index (κ2) is 11.1. The van der Waals surface area contributed by atoms with Crippen molar-refractivity contribution in [1.82, 2.24) is 35.1 Å². The van der Waals surface area contributed by atoms with E-state index < -0.39 is 5.54 Å². The minimum absolute atomic E-state index is 0.0547. The van der Waals surface area contributed by atoms with E-state index in [4.69, 9.17) is 4.84 Å². The van der Waals surface area contributed by atoms with Crippen LogP contribution in [-0.4, -0.2) is 54.1 Å². The maximum absolute atomic E-state index is 14.2. The summed E-state index contributed by atoms with van der Waals surface area (Å²) in [6.45, 7) is 7.29. The number of nitrogens with zero attached hydrogens (tertiary/aromatic N) is 6. The fraction of sp³-hybridized carbons (Fsp3) is 0.452. The van der Waals surface area contributed by atoms with Gasteiger partial charge in [0.05, 0.1) is 6.04 Å². The van der Waals surface area contributed by atoms with E-state index in [1.807, 2.05) is 38.1 Å². The Morgan fingerprint density at radius 2 is 1.76 bits per heavy atom. The monoisotopic (exact) mass is 555 g/mol. The van der Waals surface area contributed by atoms with Gasteiger partial charge >= 0.3 is 5.97 Å². The molecule has 3 aliphatic rings. The molecule has 4 aromatic rings. The Kier molecular flexibility index (Phi) is 7.33. The van der Waals surface area contributed by atoms with Crippen molar-refractivity contribution < 1.29 is 9.63 Å². The smallest absolute Gasteiger partial charge is 0.353 e. The van der Waals surface area contributed by atoms with Crippen molar-refractivity contribution in [3.05, 3.63) is 75.7 Å². The van der Waals surface area contributed by atoms with Crippen LogP contribution in [0.2, 0.25) is 0 Å². The van der Waals surface area contributed by atoms with E-state index in [0.717, 1.165) is 59.2 Å². The molecule has 4 heterocycles. The minimum Gasteiger partial charge on any atom is -0.366 e. The van der Waals surface area contributed by atoms with Crippen LogP contribution in [0.3, 0.4) is 0 Å². The fourth-order valence-corrected chi connectivity index (χ4v) is 6.67. The van der Waals surface area contributed by atoms with Crippen LogP contribution in [0, 0.1) is 0 Å². The first kappa shape index (κ1) is 27.1. The van der Waals surface area contributed by atoms with Gasteiger partial charge in [0.25, 0.3) is 5.56 Å². The molecule has 0 radical (unpaired) electrons. The van der Waals surface area contributed by atoms with Crippen LogP contribution in [0.4, 0.5) is 0 Å². The summed E-state index contributed by atoms with van der Waals surface area (Å²) < 4.78 is 3.96. The quantitative estimate of drug-likeness (QED) is 0.283. The van der Waals surface area contributed by atoms with Gasteiger partial charge in [0, 0.05) is 36.3 Å². The molecule has 2 aliphatic heterocycles. The minimum atomic E-state index is -0.947. The highest BCUT2D eigenvalue weighted by Gasteiger charge is 2.53. The van der Waals surface area contributed by atoms with Crippen LogP contribution in [0.1, 0.15) is 75.7 Å². The third-order valence-corrected chi connectivity index (χ3v) is 8.77. The Bertz CT molecular complexity index is 1570. The molecule has 7 rings (SSSR count). The zero-order chi connectivity index (χ0) is 28.6. The van der Waals surface area contributed by atoms with Crippen LogP contribution in [-0.2, 0) is 28.0 Å². The molecule has 1 aliphatic carbocycles. The molecular formula is C31H37N7O3. The van der Waals surface area contributed by atoms with Crippen molar-refractivity contribution in [3.63, 3.8) is 0 Å². The van der Waals surface area contributed by atoms with Gasteiger partial charge < -0.3 is 4.84 Å². The summed E-state index contributed by atoms with van der Waals surface area (Å²) in [5.41, 5.74) is 4.85. The molecule has 2 aromatic heterocycles. The Hall–Kier alpha value is -4.05. The summed E-state index contributed by atoms with van der Waals surface area (Å²) in [5, 5.41) is 16.2. The largest absolute Gasteiger partial charge is 0.366 e. The second-order valence-corrected chi connectivity index (χ2v) is 11.0. The van der Waals surface area contributed by atoms with Crippen LogP contribution in [0.15, 0.2) is 53.3 Å². The van der Waals surface area contributed by atoms with Crippen molar-refractivity contribution in [2.45, 2.75) is 77.3 Å². The lowest BCUT2D eigenvalue weighted by Crippen LogP contribution is -2.58. The predicted molar refractivity (Wildman–Crippen MR) is 155 cm³/mol. The highest BCUT2D eigenvalue weighted by Crippen LogP contribution is 2.47. The van der Waals surface area contributed by atoms with Crippen molar-refractivity contribution in [2.75, 3.05) is 13.1 Å². The van der Waals surface area contributed by atoms with Crippen molar-refractivity contribution in [3.8, 4) is 22.5 Å². The molecule has 10 nitrogen and oxygen atoms in total. The Balaban J connectivity index is 1.36. The summed E-state index contributed by atoms with van der Waals surface area (Å²) >= 11 is 0. The topological polar surface area (TPSA) is 111 Å². The molecule has 1 fully saturated rings. The van der Waals surface area contributed by atoms with Gasteiger partial charge in [-0.25, -0.2) is 9.48 Å². The van der Waals surface area contributed by atoms with E-state index in [2.05, 4.69) is 56.5 Å². The average Bonchev–Trinajstić information content (AvgIpc) is 3.65. The van der Waals surface area contributed by atoms with Gasteiger partial charge in [-0.2, -0.15) is 5.21 Å². The van der Waals surface area contributed by atoms with Gasteiger partial charge in [-0.3, -0.25) is 9.48 Å². The van der Waals surface area contributed by atoms with Gasteiger partial charge in [-0.15, -0.1) is 15.3 Å². The van der Waals surface area contributed by atoms with Gasteiger partial charge in [-0.05, 0) is 67.9 Å². The molecular weight excluding hydrogens is 518 g/mol. The highest BCUT2D eigenvalue weighted by molar-refractivity contribution is 5.80. The standard InChI is InChI=1S/C31H37N7O3/c1-4-9-27-26(20-21-12-14-22(15-13-21)24-10-7-8-11-25(24)28-32-34-35-33-28)29(39)38-31(30(40)41-36(5-2)6-3)18-16-23(17-19-31)37(27)38/h7-8,10-15,23H,4-6,9,16-20H2,1-3H3,(H,32,33,34,35). The van der Waals surface area contributed by atoms with E-state index in [1.165, 1.54) is 0 Å². The molecule has 1 saturated carbocycles. The number of aromatic amines is 1. The van der Waals surface area contributed by atoms with Crippen LogP contribution >= 0.6 is 0 Å². The average molecular weight is 556 g/mol. The molecule has 214 valence electrons. The van der Waals surface area contributed by atoms with E-state index in [0.29, 0.717) is 38.2 Å². The Labute approximate surface area is 239 Å². The molecule has 0 spiro atoms. The lowest BCUT2D eigenvalue weighted by atomic mass is 9.77. The fourth-order valence-electron chi connectivity index (χ4n) is 6.67. The van der Waals surface area contributed by atoms with Gasteiger partial charge in [0.1, 0.15) is 0 Å². The number of fused-ring (bicyclic) bond motifs is 2. The number of tetrazole rings is 1. The number of hydrogen-bond acceptors (Lipinski definition) is 7. The summed E-state index contributed by atoms with van der Waals surface area (Å²) in [6.07, 6.45) is 5.28. The first-order valence-corrected chi connectivity index (χ1v) is 14.8. The summed E-state index contributed by atoms with van der Waals surface area (Å²) in [7, 11) is 0. The third-order valence-electron chi connectivity index (χ3n) is 8.77. The molecule has 1 N–H and O–H groups in total. The maximum atomic E-state index is 14.2. The number of aromatic nitrogens is 6. The molecule has 0 atom stereocenters. The summed E-state index contributed by atoms with van der Waals surface area (Å²) in [6, 6.07) is 16.5. The third kappa shape index (κ3) is 4.60. The van der Waals surface area contributed by atoms with E-state index in [9.17, 15) is 9.59 Å². The van der Waals surface area contributed by atoms with Crippen molar-refractivity contribution in [2.24, 2.45) is 0 Å². The number of benzene rings is 2. The maximum Gasteiger partial charge on any atom is 0.353 e. The normalized spacial score (nSPS) is 19.5. The van der Waals surface area contributed by atoms with Gasteiger partial charge in [-0.1, -0.05) is 61.9 Å². The molecule has 0 amide bonds. The van der Waals surface area contributed by atoms with Crippen LogP contribution in [0.25, 0.3) is 22.5 Å². The SMILES string of the molecule is CCCc1c(Cc2ccc(-c3ccccc3-c3nn[nH]n3)cc2)c(=O)n2n1C1CCC2(C(=O)ON(CC)CC)CC1. The van der Waals surface area contributed by atoms with Crippen molar-refractivity contribution >= 4 is 5.97 Å². The molecule has 10 heteroatoms. The van der Waals surface area contributed by atoms with Crippen LogP contribution < -0.4 is 5.56 Å². The lowest BCUT2D eigenvalue weighted by molar-refractivity contribution is -0.206. The lowest BCUT2D eigenvalue weighted by Gasteiger charge is -2.47. The zero-order valence-corrected chi connectivity index (χ0v) is 24.0. The highest BCUT2D eigenvalue weighted by atomic mass is 16.7. The van der Waals surface area contributed by atoms with Gasteiger partial charge in [0.15, 0.2) is 5.54 Å². The van der Waals surface area contributed by atoms with E-state index in [1.54, 1.807) is 9.75 Å². The van der Waals surface area contributed by atoms with E-state index in [-0.39, 0.29) is 17.6 Å².